The molecular formula is C24H28N4O. The predicted octanol–water partition coefficient (Wildman–Crippen LogP) is 4.12. The van der Waals surface area contributed by atoms with Crippen LogP contribution in [0.25, 0.3) is 11.3 Å². The number of hydrogen-bond donors (Lipinski definition) is 1. The molecular weight excluding hydrogens is 360 g/mol. The predicted molar refractivity (Wildman–Crippen MR) is 117 cm³/mol. The molecule has 5 heteroatoms. The molecule has 29 heavy (non-hydrogen) atoms. The highest BCUT2D eigenvalue weighted by Gasteiger charge is 2.26. The van der Waals surface area contributed by atoms with E-state index in [0.717, 1.165) is 47.6 Å². The number of imidazole rings is 1. The van der Waals surface area contributed by atoms with Crippen LogP contribution in [0.15, 0.2) is 54.9 Å². The highest BCUT2D eigenvalue weighted by Crippen LogP contribution is 2.34. The third kappa shape index (κ3) is 4.19. The summed E-state index contributed by atoms with van der Waals surface area (Å²) in [5.41, 5.74) is 6.57. The second-order valence-electron chi connectivity index (χ2n) is 8.04. The van der Waals surface area contributed by atoms with Gasteiger partial charge < -0.3 is 14.8 Å². The van der Waals surface area contributed by atoms with Crippen molar-refractivity contribution in [2.24, 2.45) is 0 Å². The van der Waals surface area contributed by atoms with E-state index in [-0.39, 0.29) is 11.9 Å². The van der Waals surface area contributed by atoms with Crippen molar-refractivity contribution in [1.29, 1.82) is 0 Å². The molecule has 4 rings (SSSR count). The second-order valence-corrected chi connectivity index (χ2v) is 8.04. The summed E-state index contributed by atoms with van der Waals surface area (Å²) in [6.07, 6.45) is 4.28. The number of aromatic nitrogens is 2. The van der Waals surface area contributed by atoms with Gasteiger partial charge in [0.1, 0.15) is 0 Å². The molecule has 3 aromatic rings. The highest BCUT2D eigenvalue weighted by atomic mass is 16.1. The topological polar surface area (TPSA) is 50.2 Å². The number of amides is 1. The number of nitrogens with one attached hydrogen (secondary N) is 1. The minimum atomic E-state index is -0.00674. The second kappa shape index (κ2) is 8.11. The molecule has 0 aliphatic carbocycles. The molecule has 0 saturated carbocycles. The standard InChI is InChI=1S/C24H28N4O/c1-17-6-8-18(9-7-17)15-22(29)26-21-5-4-14-28-16-25-23(24(21)28)19-10-12-20(13-11-19)27(2)3/h6-13,16,21H,4-5,14-15H2,1-3H3,(H,26,29). The van der Waals surface area contributed by atoms with Crippen molar-refractivity contribution in [1.82, 2.24) is 14.9 Å². The molecule has 2 aromatic carbocycles. The van der Waals surface area contributed by atoms with Crippen molar-refractivity contribution >= 4 is 11.6 Å². The van der Waals surface area contributed by atoms with E-state index in [4.69, 9.17) is 4.98 Å². The summed E-state index contributed by atoms with van der Waals surface area (Å²) in [7, 11) is 4.07. The molecule has 150 valence electrons. The van der Waals surface area contributed by atoms with Gasteiger partial charge in [0, 0.05) is 31.9 Å². The zero-order valence-electron chi connectivity index (χ0n) is 17.4. The number of carbonyl (C=O) groups excluding carboxylic acids is 1. The quantitative estimate of drug-likeness (QED) is 0.715. The molecule has 5 nitrogen and oxygen atoms in total. The molecule has 1 aromatic heterocycles. The Balaban J connectivity index is 1.55. The molecule has 0 radical (unpaired) electrons. The Morgan fingerprint density at radius 1 is 1.14 bits per heavy atom. The summed E-state index contributed by atoms with van der Waals surface area (Å²) >= 11 is 0. The molecule has 2 heterocycles. The van der Waals surface area contributed by atoms with Gasteiger partial charge in [-0.3, -0.25) is 4.79 Å². The Labute approximate surface area is 172 Å². The van der Waals surface area contributed by atoms with Gasteiger partial charge in [-0.25, -0.2) is 4.98 Å². The van der Waals surface area contributed by atoms with Crippen LogP contribution in [-0.2, 0) is 17.8 Å². The van der Waals surface area contributed by atoms with Gasteiger partial charge in [-0.1, -0.05) is 42.0 Å². The van der Waals surface area contributed by atoms with Crippen LogP contribution in [0.1, 0.15) is 35.7 Å². The van der Waals surface area contributed by atoms with E-state index in [9.17, 15) is 4.79 Å². The summed E-state index contributed by atoms with van der Waals surface area (Å²) in [5, 5.41) is 3.26. The Kier molecular flexibility index (Phi) is 5.38. The molecule has 1 N–H and O–H groups in total. The number of rotatable bonds is 5. The maximum Gasteiger partial charge on any atom is 0.224 e. The van der Waals surface area contributed by atoms with Gasteiger partial charge in [0.2, 0.25) is 5.91 Å². The molecule has 0 spiro atoms. The van der Waals surface area contributed by atoms with E-state index in [1.54, 1.807) is 0 Å². The van der Waals surface area contributed by atoms with Crippen molar-refractivity contribution in [3.05, 3.63) is 71.7 Å². The molecule has 0 saturated heterocycles. The van der Waals surface area contributed by atoms with Crippen molar-refractivity contribution in [2.75, 3.05) is 19.0 Å². The zero-order chi connectivity index (χ0) is 20.4. The summed E-state index contributed by atoms with van der Waals surface area (Å²) in [6, 6.07) is 16.6. The monoisotopic (exact) mass is 388 g/mol. The first-order valence-electron chi connectivity index (χ1n) is 10.2. The van der Waals surface area contributed by atoms with Gasteiger partial charge in [0.25, 0.3) is 0 Å². The van der Waals surface area contributed by atoms with Gasteiger partial charge in [0.05, 0.1) is 30.2 Å². The van der Waals surface area contributed by atoms with Crippen molar-refractivity contribution < 1.29 is 4.79 Å². The van der Waals surface area contributed by atoms with Crippen LogP contribution >= 0.6 is 0 Å². The van der Waals surface area contributed by atoms with Gasteiger partial charge in [-0.2, -0.15) is 0 Å². The van der Waals surface area contributed by atoms with Crippen LogP contribution in [0.3, 0.4) is 0 Å². The third-order valence-electron chi connectivity index (χ3n) is 5.58. The van der Waals surface area contributed by atoms with Gasteiger partial charge in [0.15, 0.2) is 0 Å². The Bertz CT molecular complexity index is 987. The zero-order valence-corrected chi connectivity index (χ0v) is 17.4. The fourth-order valence-corrected chi connectivity index (χ4v) is 3.95. The number of aryl methyl sites for hydroxylation is 2. The largest absolute Gasteiger partial charge is 0.378 e. The SMILES string of the molecule is Cc1ccc(CC(=O)NC2CCCn3cnc(-c4ccc(N(C)C)cc4)c32)cc1. The molecule has 1 atom stereocenters. The lowest BCUT2D eigenvalue weighted by Gasteiger charge is -2.26. The van der Waals surface area contributed by atoms with Crippen LogP contribution in [0.4, 0.5) is 5.69 Å². The van der Waals surface area contributed by atoms with Crippen LogP contribution in [0.2, 0.25) is 0 Å². The molecule has 0 bridgehead atoms. The minimum Gasteiger partial charge on any atom is -0.378 e. The number of nitrogens with zero attached hydrogens (tertiary/aromatic N) is 3. The first kappa shape index (κ1) is 19.2. The minimum absolute atomic E-state index is 0.00674. The Hall–Kier alpha value is -3.08. The van der Waals surface area contributed by atoms with Gasteiger partial charge in [-0.05, 0) is 37.5 Å². The van der Waals surface area contributed by atoms with Crippen molar-refractivity contribution in [2.45, 2.75) is 38.8 Å². The third-order valence-corrected chi connectivity index (χ3v) is 5.58. The normalized spacial score (nSPS) is 15.6. The first-order valence-corrected chi connectivity index (χ1v) is 10.2. The lowest BCUT2D eigenvalue weighted by Crippen LogP contribution is -2.33. The van der Waals surface area contributed by atoms with Crippen LogP contribution in [0.5, 0.6) is 0 Å². The van der Waals surface area contributed by atoms with Crippen LogP contribution in [0, 0.1) is 6.92 Å². The molecule has 1 unspecified atom stereocenters. The fraction of sp³-hybridized carbons (Fsp3) is 0.333. The van der Waals surface area contributed by atoms with E-state index in [1.165, 1.54) is 5.56 Å². The Morgan fingerprint density at radius 2 is 1.86 bits per heavy atom. The molecule has 1 aliphatic rings. The van der Waals surface area contributed by atoms with Crippen LogP contribution < -0.4 is 10.2 Å². The van der Waals surface area contributed by atoms with Crippen LogP contribution in [-0.4, -0.2) is 29.6 Å². The summed E-state index contributed by atoms with van der Waals surface area (Å²) in [5.74, 6) is 0.0578. The lowest BCUT2D eigenvalue weighted by atomic mass is 9.98. The van der Waals surface area contributed by atoms with Gasteiger partial charge in [-0.15, -0.1) is 0 Å². The molecule has 1 amide bonds. The Morgan fingerprint density at radius 3 is 2.55 bits per heavy atom. The summed E-state index contributed by atoms with van der Waals surface area (Å²) in [4.78, 5) is 19.5. The number of carbonyl (C=O) groups is 1. The average Bonchev–Trinajstić information content (AvgIpc) is 3.15. The molecule has 1 aliphatic heterocycles. The highest BCUT2D eigenvalue weighted by molar-refractivity contribution is 5.79. The number of benzene rings is 2. The van der Waals surface area contributed by atoms with E-state index in [2.05, 4.69) is 46.0 Å². The summed E-state index contributed by atoms with van der Waals surface area (Å²) in [6.45, 7) is 3.00. The van der Waals surface area contributed by atoms with E-state index >= 15 is 0 Å². The number of anilines is 1. The van der Waals surface area contributed by atoms with E-state index < -0.39 is 0 Å². The average molecular weight is 389 g/mol. The smallest absolute Gasteiger partial charge is 0.224 e. The fourth-order valence-electron chi connectivity index (χ4n) is 3.95. The van der Waals surface area contributed by atoms with Crippen molar-refractivity contribution in [3.8, 4) is 11.3 Å². The maximum atomic E-state index is 12.7. The van der Waals surface area contributed by atoms with E-state index in [0.29, 0.717) is 6.42 Å². The molecule has 0 fully saturated rings. The number of fused-ring (bicyclic) bond motifs is 1. The van der Waals surface area contributed by atoms with Gasteiger partial charge >= 0.3 is 0 Å². The maximum absolute atomic E-state index is 12.7. The number of hydrogen-bond acceptors (Lipinski definition) is 3. The first-order chi connectivity index (χ1) is 14.0. The van der Waals surface area contributed by atoms with Crippen molar-refractivity contribution in [3.63, 3.8) is 0 Å². The lowest BCUT2D eigenvalue weighted by molar-refractivity contribution is -0.121. The van der Waals surface area contributed by atoms with E-state index in [1.807, 2.05) is 44.7 Å². The summed E-state index contributed by atoms with van der Waals surface area (Å²) < 4.78 is 2.19.